The van der Waals surface area contributed by atoms with Gasteiger partial charge in [-0.05, 0) is 19.1 Å². The lowest BCUT2D eigenvalue weighted by Gasteiger charge is -2.11. The van der Waals surface area contributed by atoms with Gasteiger partial charge in [0.1, 0.15) is 11.5 Å². The molecule has 0 radical (unpaired) electrons. The molecule has 35 heavy (non-hydrogen) atoms. The van der Waals surface area contributed by atoms with E-state index in [9.17, 15) is 10.2 Å². The monoisotopic (exact) mass is 473 g/mol. The van der Waals surface area contributed by atoms with Gasteiger partial charge in [0.25, 0.3) is 0 Å². The van der Waals surface area contributed by atoms with Gasteiger partial charge in [0.05, 0.1) is 18.3 Å². The molecular formula is C29H35N3O3. The fourth-order valence-electron chi connectivity index (χ4n) is 3.07. The number of hydrogen-bond acceptors (Lipinski definition) is 6. The van der Waals surface area contributed by atoms with Gasteiger partial charge in [-0.2, -0.15) is 0 Å². The third kappa shape index (κ3) is 7.90. The molecule has 1 aromatic heterocycles. The molecule has 6 heteroatoms. The smallest absolute Gasteiger partial charge is 0.167 e. The number of hydrogen-bond donors (Lipinski definition) is 2. The van der Waals surface area contributed by atoms with E-state index >= 15 is 0 Å². The van der Waals surface area contributed by atoms with Gasteiger partial charge in [-0.25, -0.2) is 15.0 Å². The summed E-state index contributed by atoms with van der Waals surface area (Å²) in [6, 6.07) is 24.4. The normalized spacial score (nSPS) is 10.8. The third-order valence-electron chi connectivity index (χ3n) is 4.71. The second-order valence-corrected chi connectivity index (χ2v) is 7.20. The molecule has 3 aromatic carbocycles. The molecule has 0 saturated carbocycles. The summed E-state index contributed by atoms with van der Waals surface area (Å²) in [5.74, 6) is 1.96. The summed E-state index contributed by atoms with van der Waals surface area (Å²) in [6.07, 6.45) is 0.0718. The zero-order chi connectivity index (χ0) is 25.6. The third-order valence-corrected chi connectivity index (χ3v) is 4.71. The van der Waals surface area contributed by atoms with Crippen molar-refractivity contribution in [2.24, 2.45) is 0 Å². The van der Waals surface area contributed by atoms with E-state index in [-0.39, 0.29) is 5.75 Å². The number of ether oxygens (including phenoxy) is 1. The van der Waals surface area contributed by atoms with Crippen molar-refractivity contribution in [1.82, 2.24) is 15.0 Å². The Balaban J connectivity index is 0.00000103. The van der Waals surface area contributed by atoms with Gasteiger partial charge in [0.15, 0.2) is 17.5 Å². The van der Waals surface area contributed by atoms with E-state index in [0.29, 0.717) is 41.8 Å². The van der Waals surface area contributed by atoms with Crippen LogP contribution in [0.25, 0.3) is 34.2 Å². The highest BCUT2D eigenvalue weighted by Gasteiger charge is 2.15. The fraction of sp³-hybridized carbons (Fsp3) is 0.276. The number of phenols is 1. The number of aliphatic hydroxyl groups is 1. The standard InChI is InChI=1S/C25H23N3O3.2C2H6/c1-17(29)14-15-31-20-12-13-21(22(30)16-20)25-27-23(18-8-4-2-5-9-18)26-24(28-25)19-10-6-3-7-11-19;2*1-2/h2-13,16-17,29-30H,14-15H2,1H3;2*1-2H3. The second-order valence-electron chi connectivity index (χ2n) is 7.20. The van der Waals surface area contributed by atoms with Crippen LogP contribution in [0.3, 0.4) is 0 Å². The van der Waals surface area contributed by atoms with E-state index in [4.69, 9.17) is 4.74 Å². The first kappa shape index (κ1) is 27.5. The average Bonchev–Trinajstić information content (AvgIpc) is 2.91. The number of rotatable bonds is 7. The Labute approximate surface area is 208 Å². The number of nitrogens with zero attached hydrogens (tertiary/aromatic N) is 3. The summed E-state index contributed by atoms with van der Waals surface area (Å²) in [4.78, 5) is 13.9. The van der Waals surface area contributed by atoms with Crippen molar-refractivity contribution >= 4 is 0 Å². The number of phenolic OH excluding ortho intramolecular Hbond substituents is 1. The minimum atomic E-state index is -0.439. The first-order valence-electron chi connectivity index (χ1n) is 12.1. The Hall–Kier alpha value is -3.77. The van der Waals surface area contributed by atoms with Crippen LogP contribution >= 0.6 is 0 Å². The van der Waals surface area contributed by atoms with Crippen LogP contribution in [-0.2, 0) is 0 Å². The highest BCUT2D eigenvalue weighted by molar-refractivity contribution is 5.70. The van der Waals surface area contributed by atoms with Crippen LogP contribution < -0.4 is 4.74 Å². The van der Waals surface area contributed by atoms with Crippen LogP contribution in [0.4, 0.5) is 0 Å². The lowest BCUT2D eigenvalue weighted by Crippen LogP contribution is -2.07. The summed E-state index contributed by atoms with van der Waals surface area (Å²) in [6.45, 7) is 10.1. The molecule has 0 spiro atoms. The number of aromatic hydroxyl groups is 1. The zero-order valence-electron chi connectivity index (χ0n) is 21.1. The molecule has 0 aliphatic rings. The maximum Gasteiger partial charge on any atom is 0.167 e. The van der Waals surface area contributed by atoms with Gasteiger partial charge >= 0.3 is 0 Å². The van der Waals surface area contributed by atoms with Crippen LogP contribution in [0, 0.1) is 0 Å². The summed E-state index contributed by atoms with van der Waals surface area (Å²) in [7, 11) is 0. The Kier molecular flexibility index (Phi) is 11.4. The molecule has 1 heterocycles. The SMILES string of the molecule is CC.CC.CC(O)CCOc1ccc(-c2nc(-c3ccccc3)nc(-c3ccccc3)n2)c(O)c1. The molecule has 0 aliphatic heterocycles. The molecule has 6 nitrogen and oxygen atoms in total. The van der Waals surface area contributed by atoms with Gasteiger partial charge < -0.3 is 14.9 Å². The van der Waals surface area contributed by atoms with E-state index in [1.54, 1.807) is 19.1 Å². The van der Waals surface area contributed by atoms with Crippen molar-refractivity contribution in [2.45, 2.75) is 47.1 Å². The fourth-order valence-corrected chi connectivity index (χ4v) is 3.07. The summed E-state index contributed by atoms with van der Waals surface area (Å²) in [5.41, 5.74) is 2.21. The van der Waals surface area contributed by atoms with Gasteiger partial charge in [-0.15, -0.1) is 0 Å². The van der Waals surface area contributed by atoms with Crippen molar-refractivity contribution in [3.8, 4) is 45.7 Å². The average molecular weight is 474 g/mol. The van der Waals surface area contributed by atoms with Crippen molar-refractivity contribution < 1.29 is 14.9 Å². The Morgan fingerprint density at radius 3 is 1.66 bits per heavy atom. The summed E-state index contributed by atoms with van der Waals surface area (Å²) >= 11 is 0. The molecule has 184 valence electrons. The molecule has 2 N–H and O–H groups in total. The van der Waals surface area contributed by atoms with E-state index < -0.39 is 6.10 Å². The van der Waals surface area contributed by atoms with Crippen LogP contribution in [0.1, 0.15) is 41.0 Å². The first-order valence-corrected chi connectivity index (χ1v) is 12.1. The predicted octanol–water partition coefficient (Wildman–Crippen LogP) is 6.78. The second kappa shape index (κ2) is 14.5. The molecule has 0 amide bonds. The number of aromatic nitrogens is 3. The first-order chi connectivity index (χ1) is 17.1. The molecular weight excluding hydrogens is 438 g/mol. The zero-order valence-corrected chi connectivity index (χ0v) is 21.1. The van der Waals surface area contributed by atoms with E-state index in [1.807, 2.05) is 88.4 Å². The lowest BCUT2D eigenvalue weighted by molar-refractivity contribution is 0.155. The lowest BCUT2D eigenvalue weighted by atomic mass is 10.1. The van der Waals surface area contributed by atoms with E-state index in [2.05, 4.69) is 15.0 Å². The molecule has 1 atom stereocenters. The van der Waals surface area contributed by atoms with Gasteiger partial charge in [0, 0.05) is 23.6 Å². The molecule has 4 rings (SSSR count). The maximum atomic E-state index is 10.6. The number of aliphatic hydroxyl groups excluding tert-OH is 1. The molecule has 4 aromatic rings. The minimum absolute atomic E-state index is 0.0128. The van der Waals surface area contributed by atoms with Crippen LogP contribution in [-0.4, -0.2) is 37.9 Å². The van der Waals surface area contributed by atoms with Crippen molar-refractivity contribution in [3.05, 3.63) is 78.9 Å². The highest BCUT2D eigenvalue weighted by Crippen LogP contribution is 2.32. The molecule has 1 unspecified atom stereocenters. The van der Waals surface area contributed by atoms with E-state index in [0.717, 1.165) is 11.1 Å². The van der Waals surface area contributed by atoms with Crippen LogP contribution in [0.2, 0.25) is 0 Å². The van der Waals surface area contributed by atoms with Crippen LogP contribution in [0.15, 0.2) is 78.9 Å². The minimum Gasteiger partial charge on any atom is -0.507 e. The highest BCUT2D eigenvalue weighted by atomic mass is 16.5. The Morgan fingerprint density at radius 2 is 1.20 bits per heavy atom. The molecule has 0 bridgehead atoms. The summed E-state index contributed by atoms with van der Waals surface area (Å²) in [5, 5.41) is 20.0. The summed E-state index contributed by atoms with van der Waals surface area (Å²) < 4.78 is 5.60. The Morgan fingerprint density at radius 1 is 0.714 bits per heavy atom. The molecule has 0 aliphatic carbocycles. The van der Waals surface area contributed by atoms with Gasteiger partial charge in [-0.1, -0.05) is 88.4 Å². The van der Waals surface area contributed by atoms with Crippen molar-refractivity contribution in [3.63, 3.8) is 0 Å². The molecule has 0 fully saturated rings. The van der Waals surface area contributed by atoms with Crippen LogP contribution in [0.5, 0.6) is 11.5 Å². The molecule has 0 saturated heterocycles. The van der Waals surface area contributed by atoms with Crippen molar-refractivity contribution in [2.75, 3.05) is 6.61 Å². The predicted molar refractivity (Wildman–Crippen MR) is 142 cm³/mol. The Bertz CT molecular complexity index is 1090. The number of benzene rings is 3. The quantitative estimate of drug-likeness (QED) is 0.307. The van der Waals surface area contributed by atoms with Gasteiger partial charge in [0.2, 0.25) is 0 Å². The maximum absolute atomic E-state index is 10.6. The van der Waals surface area contributed by atoms with Crippen molar-refractivity contribution in [1.29, 1.82) is 0 Å². The van der Waals surface area contributed by atoms with Gasteiger partial charge in [-0.3, -0.25) is 0 Å². The topological polar surface area (TPSA) is 88.4 Å². The van der Waals surface area contributed by atoms with E-state index in [1.165, 1.54) is 6.07 Å². The largest absolute Gasteiger partial charge is 0.507 e.